The van der Waals surface area contributed by atoms with Gasteiger partial charge in [-0.15, -0.1) is 0 Å². The molecular formula is C14H25N3. The minimum absolute atomic E-state index is 0.608. The highest BCUT2D eigenvalue weighted by atomic mass is 15.2. The fourth-order valence-electron chi connectivity index (χ4n) is 3.01. The summed E-state index contributed by atoms with van der Waals surface area (Å²) in [6.07, 6.45) is 9.34. The van der Waals surface area contributed by atoms with E-state index in [0.29, 0.717) is 6.04 Å². The maximum Gasteiger partial charge on any atom is 0.202 e. The van der Waals surface area contributed by atoms with Crippen molar-refractivity contribution in [3.8, 4) is 0 Å². The van der Waals surface area contributed by atoms with Gasteiger partial charge in [0.1, 0.15) is 0 Å². The molecule has 17 heavy (non-hydrogen) atoms. The van der Waals surface area contributed by atoms with Crippen LogP contribution in [0, 0.1) is 11.8 Å². The molecule has 1 N–H and O–H groups in total. The highest BCUT2D eigenvalue weighted by molar-refractivity contribution is 5.28. The normalized spacial score (nSPS) is 25.2. The number of anilines is 1. The molecule has 1 saturated carbocycles. The van der Waals surface area contributed by atoms with Gasteiger partial charge in [-0.1, -0.05) is 26.7 Å². The van der Waals surface area contributed by atoms with Crippen LogP contribution in [0.4, 0.5) is 5.95 Å². The number of imidazole rings is 1. The first-order valence-electron chi connectivity index (χ1n) is 7.00. The molecular weight excluding hydrogens is 210 g/mol. The minimum Gasteiger partial charge on any atom is -0.353 e. The van der Waals surface area contributed by atoms with Crippen LogP contribution in [0.15, 0.2) is 12.4 Å². The zero-order chi connectivity index (χ0) is 12.3. The van der Waals surface area contributed by atoms with Crippen LogP contribution in [0.25, 0.3) is 0 Å². The molecule has 1 aliphatic rings. The van der Waals surface area contributed by atoms with Crippen LogP contribution in [0.5, 0.6) is 0 Å². The molecule has 0 bridgehead atoms. The van der Waals surface area contributed by atoms with E-state index in [4.69, 9.17) is 0 Å². The second kappa shape index (κ2) is 5.56. The number of aromatic nitrogens is 2. The number of rotatable bonds is 4. The molecule has 1 fully saturated rings. The van der Waals surface area contributed by atoms with Crippen LogP contribution in [-0.2, 0) is 6.54 Å². The molecule has 0 aromatic carbocycles. The van der Waals surface area contributed by atoms with Gasteiger partial charge in [0.2, 0.25) is 5.95 Å². The summed E-state index contributed by atoms with van der Waals surface area (Å²) in [6, 6.07) is 0.608. The molecule has 3 nitrogen and oxygen atoms in total. The predicted octanol–water partition coefficient (Wildman–Crippen LogP) is 3.53. The molecule has 1 aromatic heterocycles. The summed E-state index contributed by atoms with van der Waals surface area (Å²) < 4.78 is 2.19. The molecule has 0 amide bonds. The Morgan fingerprint density at radius 1 is 1.41 bits per heavy atom. The molecule has 2 rings (SSSR count). The van der Waals surface area contributed by atoms with Gasteiger partial charge in [0, 0.05) is 25.0 Å². The zero-order valence-corrected chi connectivity index (χ0v) is 11.3. The first-order chi connectivity index (χ1) is 8.22. The van der Waals surface area contributed by atoms with Crippen molar-refractivity contribution in [2.45, 2.75) is 59.0 Å². The quantitative estimate of drug-likeness (QED) is 0.865. The highest BCUT2D eigenvalue weighted by Gasteiger charge is 2.28. The van der Waals surface area contributed by atoms with Crippen LogP contribution in [0.1, 0.15) is 46.5 Å². The maximum absolute atomic E-state index is 4.43. The molecule has 1 aliphatic carbocycles. The van der Waals surface area contributed by atoms with Crippen molar-refractivity contribution < 1.29 is 0 Å². The van der Waals surface area contributed by atoms with E-state index in [1.165, 1.54) is 25.7 Å². The number of hydrogen-bond acceptors (Lipinski definition) is 2. The summed E-state index contributed by atoms with van der Waals surface area (Å²) in [6.45, 7) is 7.84. The Morgan fingerprint density at radius 2 is 2.18 bits per heavy atom. The van der Waals surface area contributed by atoms with Crippen molar-refractivity contribution in [2.24, 2.45) is 11.8 Å². The lowest BCUT2D eigenvalue weighted by Crippen LogP contribution is -2.36. The fourth-order valence-corrected chi connectivity index (χ4v) is 3.01. The van der Waals surface area contributed by atoms with Crippen LogP contribution in [0.2, 0.25) is 0 Å². The molecule has 1 aromatic rings. The number of aryl methyl sites for hydroxylation is 1. The van der Waals surface area contributed by atoms with Crippen LogP contribution < -0.4 is 5.32 Å². The summed E-state index contributed by atoms with van der Waals surface area (Å²) in [4.78, 5) is 4.43. The third-order valence-corrected chi connectivity index (χ3v) is 4.05. The lowest BCUT2D eigenvalue weighted by Gasteiger charge is -2.35. The average molecular weight is 235 g/mol. The van der Waals surface area contributed by atoms with E-state index in [2.05, 4.69) is 41.8 Å². The highest BCUT2D eigenvalue weighted by Crippen LogP contribution is 2.31. The lowest BCUT2D eigenvalue weighted by atomic mass is 9.78. The van der Waals surface area contributed by atoms with Crippen LogP contribution in [0.3, 0.4) is 0 Å². The molecule has 0 aliphatic heterocycles. The third kappa shape index (κ3) is 2.82. The Bertz CT molecular complexity index is 343. The summed E-state index contributed by atoms with van der Waals surface area (Å²) >= 11 is 0. The Hall–Kier alpha value is -0.990. The smallest absolute Gasteiger partial charge is 0.202 e. The van der Waals surface area contributed by atoms with Gasteiger partial charge in [-0.25, -0.2) is 4.98 Å². The Kier molecular flexibility index (Phi) is 4.08. The fraction of sp³-hybridized carbons (Fsp3) is 0.786. The number of nitrogens with zero attached hydrogens (tertiary/aromatic N) is 2. The van der Waals surface area contributed by atoms with Crippen molar-refractivity contribution in [2.75, 3.05) is 5.32 Å². The average Bonchev–Trinajstić information content (AvgIpc) is 2.77. The van der Waals surface area contributed by atoms with Gasteiger partial charge in [0.25, 0.3) is 0 Å². The van der Waals surface area contributed by atoms with E-state index in [1.54, 1.807) is 0 Å². The standard InChI is InChI=1S/C14H25N3/c1-4-17-10-9-15-14(17)16-13-8-6-5-7-12(13)11(2)3/h9-13H,4-8H2,1-3H3,(H,15,16). The molecule has 0 radical (unpaired) electrons. The van der Waals surface area contributed by atoms with Gasteiger partial charge in [0.05, 0.1) is 0 Å². The van der Waals surface area contributed by atoms with E-state index in [0.717, 1.165) is 24.3 Å². The van der Waals surface area contributed by atoms with Gasteiger partial charge in [-0.2, -0.15) is 0 Å². The monoisotopic (exact) mass is 235 g/mol. The Labute approximate surface area is 105 Å². The number of nitrogens with one attached hydrogen (secondary N) is 1. The molecule has 96 valence electrons. The van der Waals surface area contributed by atoms with E-state index >= 15 is 0 Å². The van der Waals surface area contributed by atoms with E-state index in [9.17, 15) is 0 Å². The first-order valence-corrected chi connectivity index (χ1v) is 7.00. The van der Waals surface area contributed by atoms with E-state index in [1.807, 2.05) is 6.20 Å². The Balaban J connectivity index is 2.05. The second-order valence-electron chi connectivity index (χ2n) is 5.48. The van der Waals surface area contributed by atoms with Gasteiger partial charge in [-0.05, 0) is 31.6 Å². The first kappa shape index (κ1) is 12.5. The molecule has 2 atom stereocenters. The Morgan fingerprint density at radius 3 is 2.88 bits per heavy atom. The molecule has 2 unspecified atom stereocenters. The molecule has 3 heteroatoms. The largest absolute Gasteiger partial charge is 0.353 e. The third-order valence-electron chi connectivity index (χ3n) is 4.05. The SMILES string of the molecule is CCn1ccnc1NC1CCCCC1C(C)C. The van der Waals surface area contributed by atoms with Crippen molar-refractivity contribution in [1.29, 1.82) is 0 Å². The van der Waals surface area contributed by atoms with Crippen molar-refractivity contribution in [3.63, 3.8) is 0 Å². The predicted molar refractivity (Wildman–Crippen MR) is 72.1 cm³/mol. The van der Waals surface area contributed by atoms with E-state index < -0.39 is 0 Å². The van der Waals surface area contributed by atoms with E-state index in [-0.39, 0.29) is 0 Å². The van der Waals surface area contributed by atoms with Crippen LogP contribution in [-0.4, -0.2) is 15.6 Å². The summed E-state index contributed by atoms with van der Waals surface area (Å²) in [5.41, 5.74) is 0. The van der Waals surface area contributed by atoms with Crippen molar-refractivity contribution >= 4 is 5.95 Å². The topological polar surface area (TPSA) is 29.9 Å². The summed E-state index contributed by atoms with van der Waals surface area (Å²) in [5.74, 6) is 2.61. The lowest BCUT2D eigenvalue weighted by molar-refractivity contribution is 0.252. The van der Waals surface area contributed by atoms with Gasteiger partial charge < -0.3 is 9.88 Å². The molecule has 1 heterocycles. The molecule has 0 saturated heterocycles. The summed E-state index contributed by atoms with van der Waals surface area (Å²) in [7, 11) is 0. The van der Waals surface area contributed by atoms with Gasteiger partial charge in [0.15, 0.2) is 0 Å². The van der Waals surface area contributed by atoms with Gasteiger partial charge >= 0.3 is 0 Å². The second-order valence-corrected chi connectivity index (χ2v) is 5.48. The minimum atomic E-state index is 0.608. The summed E-state index contributed by atoms with van der Waals surface area (Å²) in [5, 5.41) is 3.66. The maximum atomic E-state index is 4.43. The molecule has 0 spiro atoms. The zero-order valence-electron chi connectivity index (χ0n) is 11.3. The van der Waals surface area contributed by atoms with Gasteiger partial charge in [-0.3, -0.25) is 0 Å². The van der Waals surface area contributed by atoms with Crippen molar-refractivity contribution in [3.05, 3.63) is 12.4 Å². The van der Waals surface area contributed by atoms with Crippen LogP contribution >= 0.6 is 0 Å². The van der Waals surface area contributed by atoms with Crippen molar-refractivity contribution in [1.82, 2.24) is 9.55 Å². The number of hydrogen-bond donors (Lipinski definition) is 1.